The molecule has 0 aliphatic carbocycles. The van der Waals surface area contributed by atoms with Crippen molar-refractivity contribution in [3.05, 3.63) is 47.7 Å². The van der Waals surface area contributed by atoms with Crippen molar-refractivity contribution in [2.45, 2.75) is 12.8 Å². The Morgan fingerprint density at radius 2 is 2.17 bits per heavy atom. The van der Waals surface area contributed by atoms with Crippen LogP contribution in [-0.4, -0.2) is 17.6 Å². The summed E-state index contributed by atoms with van der Waals surface area (Å²) in [5.41, 5.74) is 6.55. The third kappa shape index (κ3) is 2.75. The molecule has 3 N–H and O–H groups in total. The third-order valence-corrected chi connectivity index (χ3v) is 2.63. The highest BCUT2D eigenvalue weighted by atomic mass is 16.5. The summed E-state index contributed by atoms with van der Waals surface area (Å²) in [4.78, 5) is 12.1. The fraction of sp³-hybridized carbons (Fsp3) is 0.231. The minimum absolute atomic E-state index is 0.183. The zero-order valence-electron chi connectivity index (χ0n) is 10.1. The lowest BCUT2D eigenvalue weighted by molar-refractivity contribution is -0.117. The normalized spacial score (nSPS) is 12.1. The van der Waals surface area contributed by atoms with Gasteiger partial charge in [-0.15, -0.1) is 0 Å². The van der Waals surface area contributed by atoms with Gasteiger partial charge in [-0.25, -0.2) is 0 Å². The molecule has 0 spiro atoms. The number of benzene rings is 1. The molecule has 1 unspecified atom stereocenters. The van der Waals surface area contributed by atoms with Gasteiger partial charge in [0, 0.05) is 12.6 Å². The third-order valence-electron chi connectivity index (χ3n) is 2.63. The number of amides is 1. The molecule has 1 aromatic carbocycles. The minimum Gasteiger partial charge on any atom is -0.360 e. The molecule has 94 valence electrons. The molecule has 0 aliphatic rings. The second kappa shape index (κ2) is 5.46. The minimum atomic E-state index is -0.386. The average molecular weight is 245 g/mol. The van der Waals surface area contributed by atoms with Crippen LogP contribution >= 0.6 is 0 Å². The van der Waals surface area contributed by atoms with E-state index < -0.39 is 0 Å². The van der Waals surface area contributed by atoms with Crippen molar-refractivity contribution in [2.75, 3.05) is 11.9 Å². The molecule has 0 saturated heterocycles. The maximum atomic E-state index is 12.1. The van der Waals surface area contributed by atoms with E-state index in [1.807, 2.05) is 30.3 Å². The van der Waals surface area contributed by atoms with E-state index in [1.54, 1.807) is 13.0 Å². The SMILES string of the molecule is Cc1cc(NC(=O)C(CN)c2ccccc2)no1. The van der Waals surface area contributed by atoms with E-state index in [9.17, 15) is 4.79 Å². The number of anilines is 1. The second-order valence-electron chi connectivity index (χ2n) is 4.01. The summed E-state index contributed by atoms with van der Waals surface area (Å²) in [5, 5.41) is 6.41. The second-order valence-corrected chi connectivity index (χ2v) is 4.01. The van der Waals surface area contributed by atoms with Gasteiger partial charge in [0.15, 0.2) is 5.82 Å². The van der Waals surface area contributed by atoms with Crippen LogP contribution in [0.3, 0.4) is 0 Å². The molecule has 0 bridgehead atoms. The fourth-order valence-corrected chi connectivity index (χ4v) is 1.72. The predicted octanol–water partition coefficient (Wildman–Crippen LogP) is 1.66. The first-order valence-electron chi connectivity index (χ1n) is 5.70. The Morgan fingerprint density at radius 3 is 2.72 bits per heavy atom. The van der Waals surface area contributed by atoms with Gasteiger partial charge >= 0.3 is 0 Å². The number of nitrogens with zero attached hydrogens (tertiary/aromatic N) is 1. The Balaban J connectivity index is 2.11. The Morgan fingerprint density at radius 1 is 1.44 bits per heavy atom. The molecular formula is C13H15N3O2. The lowest BCUT2D eigenvalue weighted by atomic mass is 9.98. The molecule has 1 amide bonds. The molecule has 0 saturated carbocycles. The highest BCUT2D eigenvalue weighted by Crippen LogP contribution is 2.17. The van der Waals surface area contributed by atoms with Crippen LogP contribution in [0.2, 0.25) is 0 Å². The van der Waals surface area contributed by atoms with E-state index in [0.29, 0.717) is 11.6 Å². The van der Waals surface area contributed by atoms with Gasteiger partial charge in [-0.1, -0.05) is 35.5 Å². The zero-order valence-corrected chi connectivity index (χ0v) is 10.1. The quantitative estimate of drug-likeness (QED) is 0.858. The van der Waals surface area contributed by atoms with Gasteiger partial charge in [-0.2, -0.15) is 0 Å². The molecule has 0 fully saturated rings. The van der Waals surface area contributed by atoms with Gasteiger partial charge in [0.2, 0.25) is 5.91 Å². The molecular weight excluding hydrogens is 230 g/mol. The lowest BCUT2D eigenvalue weighted by Crippen LogP contribution is -2.27. The number of carbonyl (C=O) groups is 1. The molecule has 1 atom stereocenters. The van der Waals surface area contributed by atoms with Crippen LogP contribution in [-0.2, 0) is 4.79 Å². The van der Waals surface area contributed by atoms with Crippen molar-refractivity contribution in [3.8, 4) is 0 Å². The van der Waals surface area contributed by atoms with Gasteiger partial charge in [-0.3, -0.25) is 4.79 Å². The smallest absolute Gasteiger partial charge is 0.234 e. The number of aromatic nitrogens is 1. The van der Waals surface area contributed by atoms with Crippen LogP contribution in [0, 0.1) is 6.92 Å². The van der Waals surface area contributed by atoms with Crippen LogP contribution in [0.4, 0.5) is 5.82 Å². The summed E-state index contributed by atoms with van der Waals surface area (Å²) in [6.45, 7) is 2.01. The number of carbonyl (C=O) groups excluding carboxylic acids is 1. The summed E-state index contributed by atoms with van der Waals surface area (Å²) < 4.78 is 4.89. The van der Waals surface area contributed by atoms with Gasteiger partial charge in [0.1, 0.15) is 5.76 Å². The van der Waals surface area contributed by atoms with Gasteiger partial charge < -0.3 is 15.6 Å². The van der Waals surface area contributed by atoms with Crippen LogP contribution in [0.15, 0.2) is 40.9 Å². The summed E-state index contributed by atoms with van der Waals surface area (Å²) in [7, 11) is 0. The topological polar surface area (TPSA) is 81.2 Å². The zero-order chi connectivity index (χ0) is 13.0. The molecule has 5 nitrogen and oxygen atoms in total. The summed E-state index contributed by atoms with van der Waals surface area (Å²) in [6.07, 6.45) is 0. The highest BCUT2D eigenvalue weighted by Gasteiger charge is 2.19. The first-order valence-corrected chi connectivity index (χ1v) is 5.70. The summed E-state index contributed by atoms with van der Waals surface area (Å²) in [5.74, 6) is 0.487. The van der Waals surface area contributed by atoms with Crippen molar-refractivity contribution in [1.29, 1.82) is 0 Å². The van der Waals surface area contributed by atoms with Crippen molar-refractivity contribution in [3.63, 3.8) is 0 Å². The Kier molecular flexibility index (Phi) is 3.74. The van der Waals surface area contributed by atoms with Crippen molar-refractivity contribution in [1.82, 2.24) is 5.16 Å². The number of nitrogens with two attached hydrogens (primary N) is 1. The molecule has 1 aromatic heterocycles. The highest BCUT2D eigenvalue weighted by molar-refractivity contribution is 5.95. The number of nitrogens with one attached hydrogen (secondary N) is 1. The largest absolute Gasteiger partial charge is 0.360 e. The van der Waals surface area contributed by atoms with Crippen molar-refractivity contribution < 1.29 is 9.32 Å². The van der Waals surface area contributed by atoms with Crippen LogP contribution in [0.5, 0.6) is 0 Å². The van der Waals surface area contributed by atoms with Gasteiger partial charge in [0.05, 0.1) is 5.92 Å². The van der Waals surface area contributed by atoms with E-state index in [-0.39, 0.29) is 18.4 Å². The number of hydrogen-bond donors (Lipinski definition) is 2. The maximum absolute atomic E-state index is 12.1. The molecule has 2 aromatic rings. The molecule has 0 aliphatic heterocycles. The maximum Gasteiger partial charge on any atom is 0.234 e. The van der Waals surface area contributed by atoms with E-state index in [2.05, 4.69) is 10.5 Å². The first-order chi connectivity index (χ1) is 8.70. The average Bonchev–Trinajstić information content (AvgIpc) is 2.77. The first kappa shape index (κ1) is 12.3. The Labute approximate surface area is 105 Å². The number of aryl methyl sites for hydroxylation is 1. The number of rotatable bonds is 4. The predicted molar refractivity (Wildman–Crippen MR) is 68.1 cm³/mol. The summed E-state index contributed by atoms with van der Waals surface area (Å²) in [6, 6.07) is 11.1. The monoisotopic (exact) mass is 245 g/mol. The van der Waals surface area contributed by atoms with E-state index >= 15 is 0 Å². The van der Waals surface area contributed by atoms with E-state index in [1.165, 1.54) is 0 Å². The molecule has 2 rings (SSSR count). The van der Waals surface area contributed by atoms with Crippen LogP contribution in [0.25, 0.3) is 0 Å². The number of hydrogen-bond acceptors (Lipinski definition) is 4. The molecule has 18 heavy (non-hydrogen) atoms. The van der Waals surface area contributed by atoms with Gasteiger partial charge in [-0.05, 0) is 12.5 Å². The van der Waals surface area contributed by atoms with Crippen molar-refractivity contribution in [2.24, 2.45) is 5.73 Å². The van der Waals surface area contributed by atoms with E-state index in [4.69, 9.17) is 10.3 Å². The molecule has 1 heterocycles. The Bertz CT molecular complexity index is 522. The Hall–Kier alpha value is -2.14. The van der Waals surface area contributed by atoms with Crippen LogP contribution < -0.4 is 11.1 Å². The van der Waals surface area contributed by atoms with E-state index in [0.717, 1.165) is 5.56 Å². The molecule has 5 heteroatoms. The van der Waals surface area contributed by atoms with Gasteiger partial charge in [0.25, 0.3) is 0 Å². The van der Waals surface area contributed by atoms with Crippen LogP contribution in [0.1, 0.15) is 17.2 Å². The fourth-order valence-electron chi connectivity index (χ4n) is 1.72. The molecule has 0 radical (unpaired) electrons. The lowest BCUT2D eigenvalue weighted by Gasteiger charge is -2.13. The standard InChI is InChI=1S/C13H15N3O2/c1-9-7-12(16-18-9)15-13(17)11(8-14)10-5-3-2-4-6-10/h2-7,11H,8,14H2,1H3,(H,15,16,17). The summed E-state index contributed by atoms with van der Waals surface area (Å²) >= 11 is 0. The van der Waals surface area contributed by atoms with Crippen molar-refractivity contribution >= 4 is 11.7 Å².